The van der Waals surface area contributed by atoms with Gasteiger partial charge in [0.1, 0.15) is 5.69 Å². The van der Waals surface area contributed by atoms with Crippen LogP contribution < -0.4 is 5.32 Å². The van der Waals surface area contributed by atoms with Gasteiger partial charge in [-0.3, -0.25) is 9.89 Å². The minimum Gasteiger partial charge on any atom is -0.337 e. The molecule has 106 valence electrons. The van der Waals surface area contributed by atoms with E-state index in [4.69, 9.17) is 0 Å². The summed E-state index contributed by atoms with van der Waals surface area (Å²) in [6, 6.07) is 1.89. The lowest BCUT2D eigenvalue weighted by molar-refractivity contribution is 0.0776. The number of aromatic nitrogens is 2. The van der Waals surface area contributed by atoms with Crippen LogP contribution in [0.25, 0.3) is 0 Å². The van der Waals surface area contributed by atoms with Crippen molar-refractivity contribution in [1.82, 2.24) is 20.4 Å². The van der Waals surface area contributed by atoms with Crippen molar-refractivity contribution in [1.29, 1.82) is 0 Å². The summed E-state index contributed by atoms with van der Waals surface area (Å²) >= 11 is 0. The first-order valence-corrected chi connectivity index (χ1v) is 6.70. The van der Waals surface area contributed by atoms with Crippen LogP contribution in [0.15, 0.2) is 6.07 Å². The van der Waals surface area contributed by atoms with Gasteiger partial charge < -0.3 is 10.2 Å². The van der Waals surface area contributed by atoms with Gasteiger partial charge in [0.25, 0.3) is 5.91 Å². The SMILES string of the molecule is CC(C)c1cc(C(=O)N2C[C@H]3CNC[C@H]3C2)n[nH]1.Cl. The van der Waals surface area contributed by atoms with Crippen LogP contribution in [0.1, 0.15) is 35.9 Å². The zero-order valence-corrected chi connectivity index (χ0v) is 12.2. The van der Waals surface area contributed by atoms with Crippen LogP contribution in [0.3, 0.4) is 0 Å². The molecule has 1 aromatic rings. The molecule has 0 radical (unpaired) electrons. The third-order valence-electron chi connectivity index (χ3n) is 4.12. The van der Waals surface area contributed by atoms with Crippen LogP contribution in [0.5, 0.6) is 0 Å². The number of likely N-dealkylation sites (tertiary alicyclic amines) is 1. The van der Waals surface area contributed by atoms with Gasteiger partial charge >= 0.3 is 0 Å². The first kappa shape index (κ1) is 14.3. The average molecular weight is 285 g/mol. The smallest absolute Gasteiger partial charge is 0.274 e. The highest BCUT2D eigenvalue weighted by atomic mass is 35.5. The van der Waals surface area contributed by atoms with Gasteiger partial charge in [-0.1, -0.05) is 13.8 Å². The molecular formula is C13H21ClN4O. The summed E-state index contributed by atoms with van der Waals surface area (Å²) in [5, 5.41) is 10.5. The number of fused-ring (bicyclic) bond motifs is 1. The van der Waals surface area contributed by atoms with Crippen LogP contribution in [-0.2, 0) is 0 Å². The van der Waals surface area contributed by atoms with Gasteiger partial charge in [0.05, 0.1) is 0 Å². The molecule has 1 amide bonds. The molecule has 2 fully saturated rings. The Morgan fingerprint density at radius 1 is 1.37 bits per heavy atom. The highest BCUT2D eigenvalue weighted by Gasteiger charge is 2.38. The summed E-state index contributed by atoms with van der Waals surface area (Å²) in [6.07, 6.45) is 0. The maximum Gasteiger partial charge on any atom is 0.274 e. The van der Waals surface area contributed by atoms with Crippen molar-refractivity contribution in [2.45, 2.75) is 19.8 Å². The van der Waals surface area contributed by atoms with E-state index >= 15 is 0 Å². The van der Waals surface area contributed by atoms with E-state index in [0.717, 1.165) is 31.9 Å². The van der Waals surface area contributed by atoms with Gasteiger partial charge in [-0.2, -0.15) is 5.10 Å². The number of hydrogen-bond donors (Lipinski definition) is 2. The Hall–Kier alpha value is -1.07. The Labute approximate surface area is 119 Å². The molecule has 3 rings (SSSR count). The molecule has 2 atom stereocenters. The number of hydrogen-bond acceptors (Lipinski definition) is 3. The molecule has 2 aliphatic rings. The number of nitrogens with one attached hydrogen (secondary N) is 2. The van der Waals surface area contributed by atoms with Gasteiger partial charge in [-0.25, -0.2) is 0 Å². The summed E-state index contributed by atoms with van der Waals surface area (Å²) in [7, 11) is 0. The molecule has 0 saturated carbocycles. The third kappa shape index (κ3) is 2.62. The fourth-order valence-corrected chi connectivity index (χ4v) is 2.93. The second-order valence-corrected chi connectivity index (χ2v) is 5.75. The zero-order chi connectivity index (χ0) is 12.7. The highest BCUT2D eigenvalue weighted by molar-refractivity contribution is 5.92. The van der Waals surface area contributed by atoms with Crippen LogP contribution in [-0.4, -0.2) is 47.2 Å². The Balaban J connectivity index is 0.00000133. The lowest BCUT2D eigenvalue weighted by Crippen LogP contribution is -2.32. The number of nitrogens with zero attached hydrogens (tertiary/aromatic N) is 2. The van der Waals surface area contributed by atoms with Crippen molar-refractivity contribution in [3.8, 4) is 0 Å². The van der Waals surface area contributed by atoms with Crippen LogP contribution in [0, 0.1) is 11.8 Å². The Bertz CT molecular complexity index is 447. The molecule has 2 aliphatic heterocycles. The Kier molecular flexibility index (Phi) is 4.16. The van der Waals surface area contributed by atoms with E-state index in [9.17, 15) is 4.79 Å². The molecule has 2 saturated heterocycles. The summed E-state index contributed by atoms with van der Waals surface area (Å²) in [5.74, 6) is 1.73. The average Bonchev–Trinajstić information content (AvgIpc) is 3.02. The van der Waals surface area contributed by atoms with Crippen molar-refractivity contribution < 1.29 is 4.79 Å². The maximum absolute atomic E-state index is 12.3. The molecular weight excluding hydrogens is 264 g/mol. The van der Waals surface area contributed by atoms with E-state index in [0.29, 0.717) is 23.4 Å². The molecule has 2 N–H and O–H groups in total. The number of rotatable bonds is 2. The van der Waals surface area contributed by atoms with Gasteiger partial charge in [-0.15, -0.1) is 12.4 Å². The Morgan fingerprint density at radius 3 is 2.53 bits per heavy atom. The third-order valence-corrected chi connectivity index (χ3v) is 4.12. The number of carbonyl (C=O) groups is 1. The van der Waals surface area contributed by atoms with Gasteiger partial charge in [0.2, 0.25) is 0 Å². The molecule has 0 spiro atoms. The predicted octanol–water partition coefficient (Wildman–Crippen LogP) is 1.25. The quantitative estimate of drug-likeness (QED) is 0.859. The molecule has 3 heterocycles. The lowest BCUT2D eigenvalue weighted by Gasteiger charge is -2.15. The maximum atomic E-state index is 12.3. The first-order chi connectivity index (χ1) is 8.65. The fraction of sp³-hybridized carbons (Fsp3) is 0.692. The number of amides is 1. The molecule has 0 aliphatic carbocycles. The second kappa shape index (κ2) is 5.51. The summed E-state index contributed by atoms with van der Waals surface area (Å²) in [5.41, 5.74) is 1.59. The van der Waals surface area contributed by atoms with Crippen molar-refractivity contribution in [3.05, 3.63) is 17.5 Å². The van der Waals surface area contributed by atoms with E-state index in [-0.39, 0.29) is 18.3 Å². The summed E-state index contributed by atoms with van der Waals surface area (Å²) < 4.78 is 0. The number of H-pyrrole nitrogens is 1. The highest BCUT2D eigenvalue weighted by Crippen LogP contribution is 2.27. The largest absolute Gasteiger partial charge is 0.337 e. The van der Waals surface area contributed by atoms with Crippen LogP contribution in [0.4, 0.5) is 0 Å². The van der Waals surface area contributed by atoms with E-state index in [1.165, 1.54) is 0 Å². The molecule has 0 unspecified atom stereocenters. The molecule has 5 nitrogen and oxygen atoms in total. The monoisotopic (exact) mass is 284 g/mol. The van der Waals surface area contributed by atoms with Crippen molar-refractivity contribution >= 4 is 18.3 Å². The second-order valence-electron chi connectivity index (χ2n) is 5.75. The van der Waals surface area contributed by atoms with E-state index in [1.54, 1.807) is 0 Å². The van der Waals surface area contributed by atoms with E-state index < -0.39 is 0 Å². The first-order valence-electron chi connectivity index (χ1n) is 6.70. The lowest BCUT2D eigenvalue weighted by atomic mass is 10.0. The zero-order valence-electron chi connectivity index (χ0n) is 11.3. The van der Waals surface area contributed by atoms with E-state index in [1.807, 2.05) is 11.0 Å². The molecule has 0 aromatic carbocycles. The van der Waals surface area contributed by atoms with Crippen molar-refractivity contribution in [2.24, 2.45) is 11.8 Å². The van der Waals surface area contributed by atoms with Crippen LogP contribution in [0.2, 0.25) is 0 Å². The number of aromatic amines is 1. The van der Waals surface area contributed by atoms with Crippen molar-refractivity contribution in [3.63, 3.8) is 0 Å². The summed E-state index contributed by atoms with van der Waals surface area (Å²) in [4.78, 5) is 14.3. The fourth-order valence-electron chi connectivity index (χ4n) is 2.93. The molecule has 6 heteroatoms. The predicted molar refractivity (Wildman–Crippen MR) is 75.7 cm³/mol. The topological polar surface area (TPSA) is 61.0 Å². The van der Waals surface area contributed by atoms with Gasteiger partial charge in [0.15, 0.2) is 0 Å². The van der Waals surface area contributed by atoms with Gasteiger partial charge in [-0.05, 0) is 23.8 Å². The minimum atomic E-state index is 0. The van der Waals surface area contributed by atoms with E-state index in [2.05, 4.69) is 29.4 Å². The number of carbonyl (C=O) groups excluding carboxylic acids is 1. The normalized spacial score (nSPS) is 25.5. The van der Waals surface area contributed by atoms with Crippen LogP contribution >= 0.6 is 12.4 Å². The molecule has 1 aromatic heterocycles. The Morgan fingerprint density at radius 2 is 2.00 bits per heavy atom. The van der Waals surface area contributed by atoms with Gasteiger partial charge in [0, 0.05) is 31.9 Å². The molecule has 0 bridgehead atoms. The van der Waals surface area contributed by atoms with Crippen molar-refractivity contribution in [2.75, 3.05) is 26.2 Å². The standard InChI is InChI=1S/C13H20N4O.ClH/c1-8(2)11-3-12(16-15-11)13(18)17-6-9-4-14-5-10(9)7-17;/h3,8-10,14H,4-7H2,1-2H3,(H,15,16);1H/t9-,10+;. The molecule has 19 heavy (non-hydrogen) atoms. The number of halogens is 1. The summed E-state index contributed by atoms with van der Waals surface area (Å²) in [6.45, 7) is 8.03. The minimum absolute atomic E-state index is 0.